The van der Waals surface area contributed by atoms with Crippen molar-refractivity contribution in [2.45, 2.75) is 38.1 Å². The SMILES string of the molecule is Cc1ccc(S(=O)(=O)N(C)C(C)(C)CCl)c(C)c1. The number of halogens is 1. The molecule has 0 N–H and O–H groups in total. The molecule has 1 rings (SSSR count). The Morgan fingerprint density at radius 1 is 1.28 bits per heavy atom. The molecule has 0 aromatic heterocycles. The van der Waals surface area contributed by atoms with Gasteiger partial charge >= 0.3 is 0 Å². The maximum atomic E-state index is 12.5. The molecule has 0 heterocycles. The summed E-state index contributed by atoms with van der Waals surface area (Å²) in [7, 11) is -1.94. The Kier molecular flexibility index (Phi) is 4.47. The molecule has 0 fully saturated rings. The van der Waals surface area contributed by atoms with Crippen LogP contribution in [-0.2, 0) is 10.0 Å². The number of alkyl halides is 1. The first-order valence-corrected chi connectivity index (χ1v) is 7.72. The number of benzene rings is 1. The first-order valence-electron chi connectivity index (χ1n) is 5.75. The summed E-state index contributed by atoms with van der Waals surface area (Å²) in [6, 6.07) is 5.33. The fourth-order valence-electron chi connectivity index (χ4n) is 1.65. The lowest BCUT2D eigenvalue weighted by Crippen LogP contribution is -2.46. The molecule has 0 amide bonds. The fraction of sp³-hybridized carbons (Fsp3) is 0.538. The normalized spacial score (nSPS) is 13.1. The Balaban J connectivity index is 3.30. The summed E-state index contributed by atoms with van der Waals surface area (Å²) in [6.45, 7) is 7.36. The van der Waals surface area contributed by atoms with Gasteiger partial charge in [0.05, 0.1) is 4.90 Å². The van der Waals surface area contributed by atoms with Crippen molar-refractivity contribution in [3.05, 3.63) is 29.3 Å². The van der Waals surface area contributed by atoms with Crippen LogP contribution in [0.5, 0.6) is 0 Å². The molecule has 0 atom stereocenters. The van der Waals surface area contributed by atoms with Crippen molar-refractivity contribution in [3.8, 4) is 0 Å². The molecule has 1 aromatic rings. The number of hydrogen-bond donors (Lipinski definition) is 0. The van der Waals surface area contributed by atoms with Crippen LogP contribution in [0, 0.1) is 13.8 Å². The van der Waals surface area contributed by atoms with Gasteiger partial charge in [0, 0.05) is 18.5 Å². The summed E-state index contributed by atoms with van der Waals surface area (Å²) < 4.78 is 26.4. The van der Waals surface area contributed by atoms with Crippen LogP contribution in [0.2, 0.25) is 0 Å². The van der Waals surface area contributed by atoms with Crippen LogP contribution < -0.4 is 0 Å². The molecule has 1 aromatic carbocycles. The maximum Gasteiger partial charge on any atom is 0.243 e. The highest BCUT2D eigenvalue weighted by Gasteiger charge is 2.34. The topological polar surface area (TPSA) is 37.4 Å². The molecule has 0 aliphatic rings. The van der Waals surface area contributed by atoms with E-state index in [9.17, 15) is 8.42 Å². The van der Waals surface area contributed by atoms with Gasteiger partial charge in [-0.25, -0.2) is 8.42 Å². The second-order valence-corrected chi connectivity index (χ2v) is 7.39. The minimum Gasteiger partial charge on any atom is -0.207 e. The lowest BCUT2D eigenvalue weighted by Gasteiger charge is -2.33. The smallest absolute Gasteiger partial charge is 0.207 e. The van der Waals surface area contributed by atoms with E-state index in [1.54, 1.807) is 40.0 Å². The molecule has 0 saturated carbocycles. The lowest BCUT2D eigenvalue weighted by atomic mass is 10.1. The molecule has 0 bridgehead atoms. The van der Waals surface area contributed by atoms with E-state index in [1.807, 2.05) is 13.0 Å². The van der Waals surface area contributed by atoms with Crippen LogP contribution >= 0.6 is 11.6 Å². The highest BCUT2D eigenvalue weighted by molar-refractivity contribution is 7.89. The zero-order valence-corrected chi connectivity index (χ0v) is 13.1. The molecule has 0 aliphatic carbocycles. The van der Waals surface area contributed by atoms with Gasteiger partial charge in [0.2, 0.25) is 10.0 Å². The van der Waals surface area contributed by atoms with E-state index >= 15 is 0 Å². The Labute approximate surface area is 115 Å². The van der Waals surface area contributed by atoms with Gasteiger partial charge in [-0.05, 0) is 39.3 Å². The molecule has 3 nitrogen and oxygen atoms in total. The van der Waals surface area contributed by atoms with E-state index in [0.717, 1.165) is 11.1 Å². The summed E-state index contributed by atoms with van der Waals surface area (Å²) in [5.74, 6) is 0.244. The second-order valence-electron chi connectivity index (χ2n) is 5.19. The van der Waals surface area contributed by atoms with Gasteiger partial charge in [-0.1, -0.05) is 17.7 Å². The van der Waals surface area contributed by atoms with Crippen LogP contribution in [0.15, 0.2) is 23.1 Å². The molecule has 0 unspecified atom stereocenters. The molecular weight excluding hydrogens is 270 g/mol. The first-order chi connectivity index (χ1) is 8.13. The fourth-order valence-corrected chi connectivity index (χ4v) is 3.61. The molecule has 18 heavy (non-hydrogen) atoms. The summed E-state index contributed by atoms with van der Waals surface area (Å²) in [5, 5.41) is 0. The van der Waals surface area contributed by atoms with Crippen LogP contribution in [0.4, 0.5) is 0 Å². The summed E-state index contributed by atoms with van der Waals surface area (Å²) in [4.78, 5) is 0.341. The van der Waals surface area contributed by atoms with E-state index in [0.29, 0.717) is 4.90 Å². The van der Waals surface area contributed by atoms with Gasteiger partial charge in [-0.2, -0.15) is 4.31 Å². The standard InChI is InChI=1S/C13H20ClNO2S/c1-10-6-7-12(11(2)8-10)18(16,17)15(5)13(3,4)9-14/h6-8H,9H2,1-5H3. The molecule has 0 radical (unpaired) electrons. The van der Waals surface area contributed by atoms with Gasteiger partial charge in [-0.3, -0.25) is 0 Å². The van der Waals surface area contributed by atoms with Crippen LogP contribution in [-0.4, -0.2) is 31.2 Å². The number of nitrogens with zero attached hydrogens (tertiary/aromatic N) is 1. The molecule has 0 aliphatic heterocycles. The van der Waals surface area contributed by atoms with Crippen molar-refractivity contribution in [1.29, 1.82) is 0 Å². The monoisotopic (exact) mass is 289 g/mol. The van der Waals surface area contributed by atoms with Crippen LogP contribution in [0.25, 0.3) is 0 Å². The predicted molar refractivity (Wildman–Crippen MR) is 75.7 cm³/mol. The predicted octanol–water partition coefficient (Wildman–Crippen LogP) is 2.94. The minimum absolute atomic E-state index is 0.244. The number of rotatable bonds is 4. The van der Waals surface area contributed by atoms with Gasteiger partial charge < -0.3 is 0 Å². The average molecular weight is 290 g/mol. The van der Waals surface area contributed by atoms with Crippen LogP contribution in [0.1, 0.15) is 25.0 Å². The third-order valence-electron chi connectivity index (χ3n) is 3.15. The van der Waals surface area contributed by atoms with E-state index in [-0.39, 0.29) is 5.88 Å². The van der Waals surface area contributed by atoms with Crippen molar-refractivity contribution >= 4 is 21.6 Å². The van der Waals surface area contributed by atoms with Gasteiger partial charge in [0.15, 0.2) is 0 Å². The molecular formula is C13H20ClNO2S. The van der Waals surface area contributed by atoms with Crippen LogP contribution in [0.3, 0.4) is 0 Å². The van der Waals surface area contributed by atoms with Crippen molar-refractivity contribution in [2.75, 3.05) is 12.9 Å². The van der Waals surface area contributed by atoms with Crippen molar-refractivity contribution in [1.82, 2.24) is 4.31 Å². The quantitative estimate of drug-likeness (QED) is 0.799. The molecule has 5 heteroatoms. The summed E-state index contributed by atoms with van der Waals surface area (Å²) in [6.07, 6.45) is 0. The Bertz CT molecular complexity index is 538. The van der Waals surface area contributed by atoms with Gasteiger partial charge in [0.1, 0.15) is 0 Å². The number of sulfonamides is 1. The largest absolute Gasteiger partial charge is 0.243 e. The Morgan fingerprint density at radius 2 is 1.83 bits per heavy atom. The van der Waals surface area contributed by atoms with Gasteiger partial charge in [0.25, 0.3) is 0 Å². The van der Waals surface area contributed by atoms with Crippen molar-refractivity contribution < 1.29 is 8.42 Å². The summed E-state index contributed by atoms with van der Waals surface area (Å²) in [5.41, 5.74) is 1.19. The Morgan fingerprint density at radius 3 is 2.28 bits per heavy atom. The third-order valence-corrected chi connectivity index (χ3v) is 6.03. The van der Waals surface area contributed by atoms with Crippen molar-refractivity contribution in [3.63, 3.8) is 0 Å². The lowest BCUT2D eigenvalue weighted by molar-refractivity contribution is 0.296. The average Bonchev–Trinajstić information content (AvgIpc) is 2.27. The zero-order valence-electron chi connectivity index (χ0n) is 11.5. The highest BCUT2D eigenvalue weighted by atomic mass is 35.5. The molecule has 102 valence electrons. The summed E-state index contributed by atoms with van der Waals surface area (Å²) >= 11 is 5.84. The molecule has 0 spiro atoms. The second kappa shape index (κ2) is 5.19. The van der Waals surface area contributed by atoms with E-state index in [4.69, 9.17) is 11.6 Å². The van der Waals surface area contributed by atoms with E-state index in [1.165, 1.54) is 4.31 Å². The van der Waals surface area contributed by atoms with E-state index in [2.05, 4.69) is 0 Å². The zero-order chi connectivity index (χ0) is 14.1. The van der Waals surface area contributed by atoms with E-state index < -0.39 is 15.6 Å². The molecule has 0 saturated heterocycles. The minimum atomic E-state index is -3.51. The number of aryl methyl sites for hydroxylation is 2. The number of hydrogen-bond acceptors (Lipinski definition) is 2. The van der Waals surface area contributed by atoms with Gasteiger partial charge in [-0.15, -0.1) is 11.6 Å². The Hall–Kier alpha value is -0.580. The highest BCUT2D eigenvalue weighted by Crippen LogP contribution is 2.26. The van der Waals surface area contributed by atoms with Crippen molar-refractivity contribution in [2.24, 2.45) is 0 Å². The maximum absolute atomic E-state index is 12.5. The third kappa shape index (κ3) is 2.87. The first kappa shape index (κ1) is 15.5.